The molecule has 0 radical (unpaired) electrons. The van der Waals surface area contributed by atoms with Crippen LogP contribution in [0.15, 0.2) is 60.7 Å². The first-order valence-corrected chi connectivity index (χ1v) is 10.1. The lowest BCUT2D eigenvalue weighted by molar-refractivity contribution is 0.171. The van der Waals surface area contributed by atoms with Crippen molar-refractivity contribution in [2.24, 2.45) is 0 Å². The van der Waals surface area contributed by atoms with Crippen molar-refractivity contribution in [1.29, 1.82) is 0 Å². The van der Waals surface area contributed by atoms with Gasteiger partial charge in [0.25, 0.3) is 0 Å². The van der Waals surface area contributed by atoms with Gasteiger partial charge < -0.3 is 18.9 Å². The fraction of sp³-hybridized carbons (Fsp3) is 0.500. The summed E-state index contributed by atoms with van der Waals surface area (Å²) < 4.78 is 19.1. The van der Waals surface area contributed by atoms with Crippen molar-refractivity contribution < 1.29 is 18.9 Å². The normalized spacial score (nSPS) is 17.6. The average molecular weight is 391 g/mol. The molecule has 0 bridgehead atoms. The average Bonchev–Trinajstić information content (AvgIpc) is 3.71. The van der Waals surface area contributed by atoms with Gasteiger partial charge in [-0.1, -0.05) is 88.4 Å². The van der Waals surface area contributed by atoms with Crippen LogP contribution in [0.5, 0.6) is 0 Å². The first-order chi connectivity index (χ1) is 13.8. The molecule has 4 heteroatoms. The van der Waals surface area contributed by atoms with Gasteiger partial charge in [0.2, 0.25) is 0 Å². The number of methoxy groups -OCH3 is 2. The molecular formula is C24H38O4. The van der Waals surface area contributed by atoms with Gasteiger partial charge in [-0.05, 0) is 11.1 Å². The van der Waals surface area contributed by atoms with Crippen molar-refractivity contribution in [2.75, 3.05) is 40.6 Å². The second kappa shape index (κ2) is 18.6. The molecule has 2 saturated heterocycles. The highest BCUT2D eigenvalue weighted by atomic mass is 16.6. The summed E-state index contributed by atoms with van der Waals surface area (Å²) in [5.41, 5.74) is 2.55. The first-order valence-electron chi connectivity index (χ1n) is 10.1. The molecule has 0 saturated carbocycles. The molecule has 158 valence electrons. The van der Waals surface area contributed by atoms with Crippen LogP contribution in [0.3, 0.4) is 0 Å². The van der Waals surface area contributed by atoms with Gasteiger partial charge in [0.1, 0.15) is 12.2 Å². The van der Waals surface area contributed by atoms with Crippen LogP contribution in [0.25, 0.3) is 11.1 Å². The molecule has 2 heterocycles. The zero-order valence-corrected chi connectivity index (χ0v) is 18.4. The van der Waals surface area contributed by atoms with E-state index in [1.165, 1.54) is 11.1 Å². The third kappa shape index (κ3) is 14.4. The smallest absolute Gasteiger partial charge is 0.104 e. The number of ether oxygens (including phenoxy) is 4. The Bertz CT molecular complexity index is 486. The minimum Gasteiger partial charge on any atom is -0.382 e. The Hall–Kier alpha value is -1.72. The SMILES string of the molecule is CC.CC.COCC1CO1.COCC1CO1.c1ccc(-c2ccccc2)cc1. The lowest BCUT2D eigenvalue weighted by Crippen LogP contribution is -1.94. The molecule has 0 amide bonds. The Morgan fingerprint density at radius 1 is 0.643 bits per heavy atom. The minimum atomic E-state index is 0.426. The molecular weight excluding hydrogens is 352 g/mol. The maximum absolute atomic E-state index is 4.82. The Morgan fingerprint density at radius 3 is 1.11 bits per heavy atom. The number of epoxide rings is 2. The van der Waals surface area contributed by atoms with E-state index in [-0.39, 0.29) is 0 Å². The topological polar surface area (TPSA) is 43.5 Å². The van der Waals surface area contributed by atoms with E-state index in [4.69, 9.17) is 18.9 Å². The second-order valence-corrected chi connectivity index (χ2v) is 5.55. The fourth-order valence-electron chi connectivity index (χ4n) is 1.96. The predicted octanol–water partition coefficient (Wildman–Crippen LogP) is 5.47. The van der Waals surface area contributed by atoms with Gasteiger partial charge in [0.05, 0.1) is 26.4 Å². The van der Waals surface area contributed by atoms with Crippen LogP contribution < -0.4 is 0 Å². The van der Waals surface area contributed by atoms with E-state index in [0.717, 1.165) is 26.4 Å². The van der Waals surface area contributed by atoms with Gasteiger partial charge in [-0.3, -0.25) is 0 Å². The minimum absolute atomic E-state index is 0.426. The molecule has 2 fully saturated rings. The van der Waals surface area contributed by atoms with Crippen molar-refractivity contribution in [3.05, 3.63) is 60.7 Å². The summed E-state index contributed by atoms with van der Waals surface area (Å²) in [5.74, 6) is 0. The summed E-state index contributed by atoms with van der Waals surface area (Å²) in [7, 11) is 3.36. The number of benzene rings is 2. The lowest BCUT2D eigenvalue weighted by Gasteiger charge is -1.98. The number of hydrogen-bond acceptors (Lipinski definition) is 4. The van der Waals surface area contributed by atoms with Gasteiger partial charge in [-0.15, -0.1) is 0 Å². The van der Waals surface area contributed by atoms with Crippen LogP contribution in [0.4, 0.5) is 0 Å². The van der Waals surface area contributed by atoms with E-state index < -0.39 is 0 Å². The Kier molecular flexibility index (Phi) is 17.5. The predicted molar refractivity (Wildman–Crippen MR) is 118 cm³/mol. The summed E-state index contributed by atoms with van der Waals surface area (Å²) in [6, 6.07) is 20.8. The second-order valence-electron chi connectivity index (χ2n) is 5.55. The van der Waals surface area contributed by atoms with Gasteiger partial charge in [-0.2, -0.15) is 0 Å². The van der Waals surface area contributed by atoms with Gasteiger partial charge in [0, 0.05) is 14.2 Å². The first kappa shape index (κ1) is 26.3. The molecule has 28 heavy (non-hydrogen) atoms. The van der Waals surface area contributed by atoms with Crippen LogP contribution in [0.1, 0.15) is 27.7 Å². The third-order valence-electron chi connectivity index (χ3n) is 3.39. The van der Waals surface area contributed by atoms with Gasteiger partial charge >= 0.3 is 0 Å². The molecule has 0 aromatic heterocycles. The fourth-order valence-corrected chi connectivity index (χ4v) is 1.96. The summed E-state index contributed by atoms with van der Waals surface area (Å²) in [6.07, 6.45) is 0.852. The van der Waals surface area contributed by atoms with E-state index in [1.54, 1.807) is 14.2 Å². The Morgan fingerprint density at radius 2 is 0.929 bits per heavy atom. The van der Waals surface area contributed by atoms with Gasteiger partial charge in [-0.25, -0.2) is 0 Å². The van der Waals surface area contributed by atoms with Crippen LogP contribution in [-0.2, 0) is 18.9 Å². The molecule has 2 aliphatic heterocycles. The highest BCUT2D eigenvalue weighted by Crippen LogP contribution is 2.17. The number of rotatable bonds is 5. The molecule has 2 aliphatic rings. The van der Waals surface area contributed by atoms with E-state index in [9.17, 15) is 0 Å². The van der Waals surface area contributed by atoms with Crippen molar-refractivity contribution in [1.82, 2.24) is 0 Å². The molecule has 2 unspecified atom stereocenters. The molecule has 2 aromatic rings. The van der Waals surface area contributed by atoms with Crippen molar-refractivity contribution in [3.8, 4) is 11.1 Å². The molecule has 0 aliphatic carbocycles. The lowest BCUT2D eigenvalue weighted by atomic mass is 10.1. The standard InChI is InChI=1S/C12H10.2C4H8O2.2C2H6/c1-3-7-11(8-4-1)12-9-5-2-6-10-12;2*1-5-2-4-3-6-4;2*1-2/h1-10H;2*4H,2-3H2,1H3;2*1-2H3. The zero-order chi connectivity index (χ0) is 21.0. The van der Waals surface area contributed by atoms with Crippen LogP contribution in [0, 0.1) is 0 Å². The van der Waals surface area contributed by atoms with Crippen LogP contribution in [0.2, 0.25) is 0 Å². The maximum atomic E-state index is 4.82. The molecule has 2 aromatic carbocycles. The molecule has 4 nitrogen and oxygen atoms in total. The summed E-state index contributed by atoms with van der Waals surface area (Å²) in [6.45, 7) is 11.3. The Labute approximate surface area is 171 Å². The molecule has 2 atom stereocenters. The third-order valence-corrected chi connectivity index (χ3v) is 3.39. The zero-order valence-electron chi connectivity index (χ0n) is 18.4. The monoisotopic (exact) mass is 390 g/mol. The van der Waals surface area contributed by atoms with E-state index >= 15 is 0 Å². The highest BCUT2D eigenvalue weighted by molar-refractivity contribution is 5.62. The molecule has 0 spiro atoms. The van der Waals surface area contributed by atoms with E-state index in [0.29, 0.717) is 12.2 Å². The van der Waals surface area contributed by atoms with Crippen molar-refractivity contribution in [3.63, 3.8) is 0 Å². The largest absolute Gasteiger partial charge is 0.382 e. The van der Waals surface area contributed by atoms with Crippen molar-refractivity contribution in [2.45, 2.75) is 39.9 Å². The van der Waals surface area contributed by atoms with Crippen LogP contribution >= 0.6 is 0 Å². The summed E-state index contributed by atoms with van der Waals surface area (Å²) >= 11 is 0. The summed E-state index contributed by atoms with van der Waals surface area (Å²) in [5, 5.41) is 0. The van der Waals surface area contributed by atoms with Crippen molar-refractivity contribution >= 4 is 0 Å². The summed E-state index contributed by atoms with van der Waals surface area (Å²) in [4.78, 5) is 0. The van der Waals surface area contributed by atoms with E-state index in [1.807, 2.05) is 39.8 Å². The van der Waals surface area contributed by atoms with Crippen LogP contribution in [-0.4, -0.2) is 52.9 Å². The molecule has 0 N–H and O–H groups in total. The Balaban J connectivity index is 0.000000387. The quantitative estimate of drug-likeness (QED) is 0.635. The molecule has 4 rings (SSSR count). The van der Waals surface area contributed by atoms with E-state index in [2.05, 4.69) is 48.5 Å². The highest BCUT2D eigenvalue weighted by Gasteiger charge is 2.21. The van der Waals surface area contributed by atoms with Gasteiger partial charge in [0.15, 0.2) is 0 Å². The maximum Gasteiger partial charge on any atom is 0.104 e. The number of hydrogen-bond donors (Lipinski definition) is 0.